The zero-order valence-electron chi connectivity index (χ0n) is 70.7. The molecule has 11 bridgehead atoms. The summed E-state index contributed by atoms with van der Waals surface area (Å²) in [7, 11) is 1.38. The van der Waals surface area contributed by atoms with Gasteiger partial charge in [0.05, 0.1) is 66.2 Å². The topological polar surface area (TPSA) is 550 Å². The predicted molar refractivity (Wildman–Crippen MR) is 459 cm³/mol. The number of aryl methyl sites for hydroxylation is 1. The summed E-state index contributed by atoms with van der Waals surface area (Å²) in [5, 5.41) is 127. The van der Waals surface area contributed by atoms with E-state index in [1.165, 1.54) is 76.3 Å². The number of carbonyl (C=O) groups excluding carboxylic acids is 8. The number of ether oxygens (including phenoxy) is 9. The monoisotopic (exact) mass is 1830 g/mol. The molecule has 0 aliphatic carbocycles. The molecular weight excluding hydrogens is 1730 g/mol. The minimum atomic E-state index is -2.36. The normalized spacial score (nSPS) is 29.5. The largest absolute Gasteiger partial charge is 0.508 e. The van der Waals surface area contributed by atoms with E-state index in [1.54, 1.807) is 39.8 Å². The van der Waals surface area contributed by atoms with E-state index in [0.717, 1.165) is 47.0 Å². The fourth-order valence-corrected chi connectivity index (χ4v) is 17.0. The number of esters is 1. The fourth-order valence-electron chi connectivity index (χ4n) is 16.5. The molecule has 3 saturated heterocycles. The molecule has 0 saturated carbocycles. The van der Waals surface area contributed by atoms with Crippen LogP contribution in [0, 0.1) is 6.92 Å². The molecule has 7 amide bonds. The molecule has 1 unspecified atom stereocenters. The number of aliphatic hydroxyl groups excluding tert-OH is 7. The van der Waals surface area contributed by atoms with Gasteiger partial charge in [-0.05, 0) is 172 Å². The molecule has 128 heavy (non-hydrogen) atoms. The molecule has 8 aliphatic rings. The number of amides is 7. The van der Waals surface area contributed by atoms with Gasteiger partial charge >= 0.3 is 5.97 Å². The number of halogens is 3. The number of primary amides is 1. The van der Waals surface area contributed by atoms with Crippen molar-refractivity contribution < 1.29 is 127 Å². The van der Waals surface area contributed by atoms with Crippen molar-refractivity contribution in [2.45, 2.75) is 226 Å². The SMILES string of the molecule is CCCOC(=O)[C@@H]1NC(=O)[C@H]2NC(=O)[C@H](NC(=O)[C@@H]3NC(=O)[C@H](CC(N)=O)NC(=O)[C@H](NC(=O)[C@@H](CC(C)O)NC)[C@H](O)c4ccc(c(Cl)c4)Oc4cc3cc(c4O[C@@H]3O[C@H](CO)[C@@H](O)[C@H](O)[C@H]3O[C@H]3C[C@](C)(NCc4ccc(-c5ccc(Cl)cc5)cc4)[C@@H](O)[C@H](C)O3)Oc3ccc(cc3Cl)[C@H]2O[C@H]2C[C@](C)(N)[C@@H](O)[C@H](C)O2)c2ccc(C)c(c2)-c2c(O)cc(O)cc21. The summed E-state index contributed by atoms with van der Waals surface area (Å²) >= 11 is 20.9. The first-order valence-electron chi connectivity index (χ1n) is 41.5. The van der Waals surface area contributed by atoms with Crippen LogP contribution in [0.25, 0.3) is 22.3 Å². The maximum absolute atomic E-state index is 16.7. The lowest BCUT2D eigenvalue weighted by Gasteiger charge is -2.48. The summed E-state index contributed by atoms with van der Waals surface area (Å²) in [6.45, 7) is 9.98. The fraction of sp³-hybridized carbons (Fsp3) is 0.438. The van der Waals surface area contributed by atoms with Crippen molar-refractivity contribution in [2.75, 3.05) is 20.3 Å². The van der Waals surface area contributed by atoms with Gasteiger partial charge in [0.25, 0.3) is 0 Å². The van der Waals surface area contributed by atoms with Gasteiger partial charge in [-0.3, -0.25) is 33.6 Å². The molecular formula is C89H103Cl3N10O26. The third-order valence-electron chi connectivity index (χ3n) is 23.5. The standard InChI is InChI=1S/C89H103Cl3N10O26/c1-9-24-120-86(119)69-52-31-50(105)32-57(106)66(52)51-26-45(13-10-38(51)2)67-82(115)102-71(85(118)100-69)75(126-64-34-88(6,94)78(111)40(4)121-64)47-19-23-59(54(92)28-47)124-61-30-48-29-60(123-58-22-18-46(27-53(58)91)72(108)70(101-80(113)55(95-8)25-39(3)104)84(117)97-56(33-63(93)107)81(114)98-68(48)83(116)99-67)76(61)128-87-77(74(110)73(109)62(37-103)125-87)127-65-35-89(7,79(112)41(5)122-65)96-36-42-11-14-43(15-12-42)44-16-20-49(90)21-17-44/h10-23,26-32,39-41,55-56,62,64-65,67-75,77-79,87,95-96,103-106,108-112H,9,24-25,33-37,94H2,1-8H3,(H2,93,107)(H,97,117)(H,98,114)(H,99,116)(H,100,118)(H,101,113)(H,102,115)/t39?,40-,41-,55+,56-,62+,64-,65-,67+,68+,69+,70+,71-,72+,73+,74-,75+,77+,78-,79-,87-,88-,89-/m0/s1. The third-order valence-corrected chi connectivity index (χ3v) is 24.3. The molecule has 7 aromatic carbocycles. The molecule has 21 N–H and O–H groups in total. The van der Waals surface area contributed by atoms with Crippen LogP contribution >= 0.6 is 34.8 Å². The zero-order chi connectivity index (χ0) is 92.4. The van der Waals surface area contributed by atoms with Gasteiger partial charge in [0.15, 0.2) is 36.2 Å². The smallest absolute Gasteiger partial charge is 0.333 e. The second-order valence-electron chi connectivity index (χ2n) is 33.3. The minimum absolute atomic E-state index is 0.0228. The van der Waals surface area contributed by atoms with Gasteiger partial charge in [-0.15, -0.1) is 0 Å². The van der Waals surface area contributed by atoms with E-state index in [9.17, 15) is 60.3 Å². The van der Waals surface area contributed by atoms with E-state index >= 15 is 24.0 Å². The number of phenolic OH excluding ortho intramolecular Hbond substituents is 2. The van der Waals surface area contributed by atoms with Crippen LogP contribution in [0.4, 0.5) is 0 Å². The van der Waals surface area contributed by atoms with E-state index in [0.29, 0.717) is 10.6 Å². The van der Waals surface area contributed by atoms with Crippen LogP contribution in [0.15, 0.2) is 127 Å². The average molecular weight is 1840 g/mol. The Morgan fingerprint density at radius 1 is 0.664 bits per heavy atom. The number of nitrogens with two attached hydrogens (primary N) is 2. The first kappa shape index (κ1) is 95.2. The summed E-state index contributed by atoms with van der Waals surface area (Å²) in [4.78, 5) is 123. The molecule has 36 nitrogen and oxygen atoms in total. The Morgan fingerprint density at radius 3 is 1.88 bits per heavy atom. The lowest BCUT2D eigenvalue weighted by Crippen LogP contribution is -2.65. The molecule has 0 aromatic heterocycles. The lowest BCUT2D eigenvalue weighted by atomic mass is 9.84. The van der Waals surface area contributed by atoms with Gasteiger partial charge in [-0.25, -0.2) is 4.79 Å². The highest BCUT2D eigenvalue weighted by molar-refractivity contribution is 6.32. The van der Waals surface area contributed by atoms with Crippen LogP contribution in [-0.4, -0.2) is 223 Å². The van der Waals surface area contributed by atoms with Crippen molar-refractivity contribution in [3.63, 3.8) is 0 Å². The molecule has 23 atom stereocenters. The Morgan fingerprint density at radius 2 is 1.27 bits per heavy atom. The number of hydrogen-bond acceptors (Lipinski definition) is 29. The number of carbonyl (C=O) groups is 8. The van der Waals surface area contributed by atoms with Crippen molar-refractivity contribution in [1.82, 2.24) is 42.5 Å². The van der Waals surface area contributed by atoms with Crippen molar-refractivity contribution >= 4 is 82.1 Å². The molecule has 0 spiro atoms. The Labute approximate surface area is 749 Å². The van der Waals surface area contributed by atoms with Crippen LogP contribution in [-0.2, 0) is 73.3 Å². The molecule has 3 fully saturated rings. The molecule has 7 aromatic rings. The molecule has 8 heterocycles. The van der Waals surface area contributed by atoms with Crippen LogP contribution < -0.4 is 68.2 Å². The summed E-state index contributed by atoms with van der Waals surface area (Å²) in [6.07, 6.45) is -24.0. The number of aromatic hydroxyl groups is 2. The highest BCUT2D eigenvalue weighted by atomic mass is 35.5. The molecule has 8 aliphatic heterocycles. The summed E-state index contributed by atoms with van der Waals surface area (Å²) in [6, 6.07) is 16.5. The second-order valence-corrected chi connectivity index (χ2v) is 34.6. The van der Waals surface area contributed by atoms with Gasteiger partial charge < -0.3 is 143 Å². The highest BCUT2D eigenvalue weighted by Gasteiger charge is 2.53. The quantitative estimate of drug-likeness (QED) is 0.0434. The van der Waals surface area contributed by atoms with Crippen LogP contribution in [0.2, 0.25) is 15.1 Å². The Bertz CT molecular complexity index is 5310. The number of likely N-dealkylation sites (N-methyl/N-ethyl adjacent to an activating group) is 1. The lowest BCUT2D eigenvalue weighted by molar-refractivity contribution is -0.334. The van der Waals surface area contributed by atoms with Crippen molar-refractivity contribution in [3.05, 3.63) is 181 Å². The van der Waals surface area contributed by atoms with Crippen LogP contribution in [0.3, 0.4) is 0 Å². The molecule has 0 radical (unpaired) electrons. The van der Waals surface area contributed by atoms with Crippen LogP contribution in [0.5, 0.6) is 40.2 Å². The molecule has 686 valence electrons. The summed E-state index contributed by atoms with van der Waals surface area (Å²) in [5.41, 5.74) is 11.5. The summed E-state index contributed by atoms with van der Waals surface area (Å²) < 4.78 is 59.0. The van der Waals surface area contributed by atoms with E-state index in [-0.39, 0.29) is 88.7 Å². The molecule has 39 heteroatoms. The Kier molecular flexibility index (Phi) is 29.7. The first-order valence-corrected chi connectivity index (χ1v) is 42.6. The number of phenols is 2. The molecule has 15 rings (SSSR count). The number of benzene rings is 7. The maximum atomic E-state index is 16.7. The number of hydrogen-bond donors (Lipinski definition) is 19. The highest BCUT2D eigenvalue weighted by Crippen LogP contribution is 2.51. The van der Waals surface area contributed by atoms with E-state index < -0.39 is 239 Å². The van der Waals surface area contributed by atoms with Gasteiger partial charge in [0.1, 0.15) is 83.7 Å². The van der Waals surface area contributed by atoms with Gasteiger partial charge in [-0.2, -0.15) is 0 Å². The number of fused-ring (bicyclic) bond motifs is 15. The second kappa shape index (κ2) is 39.9. The maximum Gasteiger partial charge on any atom is 0.333 e. The van der Waals surface area contributed by atoms with Crippen molar-refractivity contribution in [1.29, 1.82) is 0 Å². The number of nitrogens with one attached hydrogen (secondary N) is 8. The van der Waals surface area contributed by atoms with E-state index in [4.69, 9.17) is 88.9 Å². The number of aliphatic hydroxyl groups is 7. The Balaban J connectivity index is 1.02. The minimum Gasteiger partial charge on any atom is -0.508 e. The van der Waals surface area contributed by atoms with Gasteiger partial charge in [-0.1, -0.05) is 102 Å². The van der Waals surface area contributed by atoms with Crippen molar-refractivity contribution in [2.24, 2.45) is 11.5 Å². The Hall–Kier alpha value is -10.4. The van der Waals surface area contributed by atoms with Crippen molar-refractivity contribution in [3.8, 4) is 62.5 Å². The average Bonchev–Trinajstić information content (AvgIpc) is 0.761. The van der Waals surface area contributed by atoms with Gasteiger partial charge in [0, 0.05) is 52.7 Å². The number of rotatable bonds is 21. The zero-order valence-corrected chi connectivity index (χ0v) is 72.9. The predicted octanol–water partition coefficient (Wildman–Crippen LogP) is 4.69. The van der Waals surface area contributed by atoms with Crippen LogP contribution in [0.1, 0.15) is 143 Å². The van der Waals surface area contributed by atoms with E-state index in [1.807, 2.05) is 36.4 Å². The third kappa shape index (κ3) is 21.0. The van der Waals surface area contributed by atoms with Gasteiger partial charge in [0.2, 0.25) is 53.4 Å². The van der Waals surface area contributed by atoms with E-state index in [2.05, 4.69) is 42.5 Å². The summed E-state index contributed by atoms with van der Waals surface area (Å²) in [5.74, 6) is -14.0. The first-order chi connectivity index (χ1) is 60.7.